The van der Waals surface area contributed by atoms with E-state index in [1.807, 2.05) is 6.08 Å². The van der Waals surface area contributed by atoms with Gasteiger partial charge in [-0.25, -0.2) is 0 Å². The van der Waals surface area contributed by atoms with E-state index >= 15 is 0 Å². The average molecular weight is 904 g/mol. The van der Waals surface area contributed by atoms with E-state index in [9.17, 15) is 0 Å². The summed E-state index contributed by atoms with van der Waals surface area (Å²) < 4.78 is 0. The van der Waals surface area contributed by atoms with Crippen molar-refractivity contribution >= 4 is 33.9 Å². The van der Waals surface area contributed by atoms with Crippen LogP contribution >= 0.6 is 0 Å². The van der Waals surface area contributed by atoms with Gasteiger partial charge in [0.15, 0.2) is 0 Å². The molecule has 11 aromatic rings. The van der Waals surface area contributed by atoms with Crippen LogP contribution in [0.25, 0.3) is 83.6 Å². The van der Waals surface area contributed by atoms with Crippen molar-refractivity contribution in [1.82, 2.24) is 0 Å². The summed E-state index contributed by atoms with van der Waals surface area (Å²) in [4.78, 5) is 2.48. The quantitative estimate of drug-likeness (QED) is 0.154. The molecule has 0 N–H and O–H groups in total. The Morgan fingerprint density at radius 1 is 0.324 bits per heavy atom. The Labute approximate surface area is 416 Å². The van der Waals surface area contributed by atoms with Gasteiger partial charge in [-0.15, -0.1) is 0 Å². The van der Waals surface area contributed by atoms with Crippen LogP contribution in [0.15, 0.2) is 249 Å². The van der Waals surface area contributed by atoms with Gasteiger partial charge in [0.25, 0.3) is 0 Å². The first-order chi connectivity index (χ1) is 34.9. The Morgan fingerprint density at radius 2 is 0.803 bits per heavy atom. The molecule has 0 aliphatic heterocycles. The molecule has 1 nitrogen and oxygen atoms in total. The van der Waals surface area contributed by atoms with E-state index < -0.39 is 5.41 Å². The molecule has 3 aliphatic carbocycles. The zero-order chi connectivity index (χ0) is 47.4. The summed E-state index contributed by atoms with van der Waals surface area (Å²) >= 11 is 0. The van der Waals surface area contributed by atoms with Crippen LogP contribution in [0.3, 0.4) is 0 Å². The van der Waals surface area contributed by atoms with Crippen LogP contribution in [0.4, 0.5) is 17.1 Å². The van der Waals surface area contributed by atoms with Crippen molar-refractivity contribution in [1.29, 1.82) is 0 Å². The normalized spacial score (nSPS) is 15.1. The van der Waals surface area contributed by atoms with Crippen LogP contribution in [0, 0.1) is 0 Å². The molecular weight excluding hydrogens is 855 g/mol. The molecule has 0 radical (unpaired) electrons. The Kier molecular flexibility index (Phi) is 9.07. The Hall–Kier alpha value is -8.78. The third kappa shape index (κ3) is 6.00. The van der Waals surface area contributed by atoms with E-state index in [0.29, 0.717) is 0 Å². The molecule has 11 aromatic carbocycles. The Morgan fingerprint density at radius 3 is 1.51 bits per heavy atom. The van der Waals surface area contributed by atoms with Gasteiger partial charge < -0.3 is 4.90 Å². The van der Waals surface area contributed by atoms with Crippen LogP contribution in [0.2, 0.25) is 0 Å². The standard InChI is InChI=1S/C70H49N/c1-4-45-17-16-20-48(41-45)49-31-36-59-56-23-11-14-27-63(56)70(66(59)42-49)64-28-15-12-24-57(64)60-37-32-50(43-67(60)70)53-39-40-68(61-25-9-8-21-54(53)61)71(51-33-29-47(30-34-51)46-18-6-5-7-19-46)52-35-38-58-55-22-10-13-26-62(55)69(2,3)65(58)44-52/h4-44H,1H2,2-3H3. The SMILES string of the molecule is C=Cc1cccc(-c2ccc3c(c2)C2(c4ccccc4-3)c3ccccc3-c3ccc(-c4ccc(N(c5ccc(-c6ccccc6)cc5)c5ccc6c(c5)C(C)(C)c5ccccc5-6)c5ccccc45)cc32)c1. The van der Waals surface area contributed by atoms with Gasteiger partial charge in [-0.05, 0) is 160 Å². The zero-order valence-corrected chi connectivity index (χ0v) is 39.8. The molecule has 0 amide bonds. The predicted molar refractivity (Wildman–Crippen MR) is 299 cm³/mol. The van der Waals surface area contributed by atoms with Crippen LogP contribution in [0.5, 0.6) is 0 Å². The van der Waals surface area contributed by atoms with Crippen molar-refractivity contribution in [2.45, 2.75) is 24.7 Å². The second kappa shape index (κ2) is 15.6. The smallest absolute Gasteiger partial charge is 0.0725 e. The zero-order valence-electron chi connectivity index (χ0n) is 39.8. The molecule has 334 valence electrons. The molecule has 0 aromatic heterocycles. The molecule has 1 heteroatoms. The fourth-order valence-electron chi connectivity index (χ4n) is 12.8. The Balaban J connectivity index is 0.958. The first kappa shape index (κ1) is 41.2. The molecule has 0 saturated heterocycles. The minimum atomic E-state index is -0.501. The van der Waals surface area contributed by atoms with Gasteiger partial charge >= 0.3 is 0 Å². The van der Waals surface area contributed by atoms with Crippen molar-refractivity contribution in [3.05, 3.63) is 288 Å². The number of fused-ring (bicyclic) bond motifs is 14. The lowest BCUT2D eigenvalue weighted by molar-refractivity contribution is 0.660. The highest BCUT2D eigenvalue weighted by atomic mass is 15.1. The van der Waals surface area contributed by atoms with E-state index in [1.54, 1.807) is 0 Å². The molecule has 0 bridgehead atoms. The fourth-order valence-corrected chi connectivity index (χ4v) is 12.8. The fraction of sp³-hybridized carbons (Fsp3) is 0.0571. The summed E-state index contributed by atoms with van der Waals surface area (Å²) in [6.45, 7) is 8.82. The van der Waals surface area contributed by atoms with Gasteiger partial charge in [0.05, 0.1) is 11.1 Å². The highest BCUT2D eigenvalue weighted by molar-refractivity contribution is 6.07. The van der Waals surface area contributed by atoms with E-state index in [2.05, 4.69) is 268 Å². The van der Waals surface area contributed by atoms with Crippen LogP contribution in [0.1, 0.15) is 52.8 Å². The van der Waals surface area contributed by atoms with Crippen LogP contribution < -0.4 is 4.90 Å². The van der Waals surface area contributed by atoms with Crippen molar-refractivity contribution in [2.75, 3.05) is 4.90 Å². The van der Waals surface area contributed by atoms with Crippen LogP contribution in [-0.4, -0.2) is 0 Å². The maximum atomic E-state index is 4.08. The molecule has 1 atom stereocenters. The van der Waals surface area contributed by atoms with Crippen LogP contribution in [-0.2, 0) is 10.8 Å². The molecule has 0 heterocycles. The summed E-state index contributed by atoms with van der Waals surface area (Å²) in [5, 5.41) is 2.41. The van der Waals surface area contributed by atoms with E-state index in [0.717, 1.165) is 22.6 Å². The van der Waals surface area contributed by atoms with Crippen molar-refractivity contribution in [3.63, 3.8) is 0 Å². The summed E-state index contributed by atoms with van der Waals surface area (Å²) in [5.74, 6) is 0. The lowest BCUT2D eigenvalue weighted by atomic mass is 9.70. The number of hydrogen-bond acceptors (Lipinski definition) is 1. The monoisotopic (exact) mass is 903 g/mol. The third-order valence-electron chi connectivity index (χ3n) is 16.1. The predicted octanol–water partition coefficient (Wildman–Crippen LogP) is 18.6. The molecule has 0 fully saturated rings. The van der Waals surface area contributed by atoms with Gasteiger partial charge in [-0.1, -0.05) is 221 Å². The van der Waals surface area contributed by atoms with Gasteiger partial charge in [0, 0.05) is 22.2 Å². The second-order valence-electron chi connectivity index (χ2n) is 20.0. The molecule has 0 saturated carbocycles. The third-order valence-corrected chi connectivity index (χ3v) is 16.1. The van der Waals surface area contributed by atoms with E-state index in [4.69, 9.17) is 0 Å². The topological polar surface area (TPSA) is 3.24 Å². The molecule has 71 heavy (non-hydrogen) atoms. The molecule has 1 spiro atoms. The highest BCUT2D eigenvalue weighted by Crippen LogP contribution is 2.64. The number of nitrogens with zero attached hydrogens (tertiary/aromatic N) is 1. The lowest BCUT2D eigenvalue weighted by Crippen LogP contribution is -2.26. The molecule has 3 aliphatic rings. The summed E-state index contributed by atoms with van der Waals surface area (Å²) in [7, 11) is 0. The van der Waals surface area contributed by atoms with Gasteiger partial charge in [0.1, 0.15) is 0 Å². The summed E-state index contributed by atoms with van der Waals surface area (Å²) in [6.07, 6.45) is 1.93. The first-order valence-corrected chi connectivity index (χ1v) is 24.9. The molecular formula is C70H49N. The maximum absolute atomic E-state index is 4.08. The lowest BCUT2D eigenvalue weighted by Gasteiger charge is -2.31. The number of anilines is 3. The minimum Gasteiger partial charge on any atom is -0.310 e. The highest BCUT2D eigenvalue weighted by Gasteiger charge is 2.52. The first-order valence-electron chi connectivity index (χ1n) is 24.9. The minimum absolute atomic E-state index is 0.139. The molecule has 1 unspecified atom stereocenters. The van der Waals surface area contributed by atoms with Crippen molar-refractivity contribution in [2.24, 2.45) is 0 Å². The summed E-state index contributed by atoms with van der Waals surface area (Å²) in [5.41, 5.74) is 27.0. The van der Waals surface area contributed by atoms with Gasteiger partial charge in [0.2, 0.25) is 0 Å². The maximum Gasteiger partial charge on any atom is 0.0725 e. The largest absolute Gasteiger partial charge is 0.310 e. The summed E-state index contributed by atoms with van der Waals surface area (Å²) in [6, 6.07) is 90.9. The van der Waals surface area contributed by atoms with Gasteiger partial charge in [-0.3, -0.25) is 0 Å². The average Bonchev–Trinajstić information content (AvgIpc) is 3.99. The Bertz CT molecular complexity index is 3970. The van der Waals surface area contributed by atoms with E-state index in [1.165, 1.54) is 111 Å². The van der Waals surface area contributed by atoms with Gasteiger partial charge in [-0.2, -0.15) is 0 Å². The van der Waals surface area contributed by atoms with Crippen molar-refractivity contribution in [3.8, 4) is 66.8 Å². The van der Waals surface area contributed by atoms with E-state index in [-0.39, 0.29) is 5.41 Å². The molecule has 14 rings (SSSR count). The van der Waals surface area contributed by atoms with Crippen molar-refractivity contribution < 1.29 is 0 Å². The number of benzene rings is 11. The second-order valence-corrected chi connectivity index (χ2v) is 20.0. The number of hydrogen-bond donors (Lipinski definition) is 0. The number of rotatable bonds is 7.